The van der Waals surface area contributed by atoms with E-state index >= 15 is 0 Å². The SMILES string of the molecule is Cc1[nH]nc(-c2cnccn2)c1C(=O)O. The molecule has 0 bridgehead atoms. The first kappa shape index (κ1) is 9.32. The minimum atomic E-state index is -1.03. The molecule has 0 aliphatic heterocycles. The Balaban J connectivity index is 2.59. The van der Waals surface area contributed by atoms with Crippen LogP contribution in [0.25, 0.3) is 11.4 Å². The molecular weight excluding hydrogens is 196 g/mol. The van der Waals surface area contributed by atoms with Crippen LogP contribution in [-0.4, -0.2) is 31.2 Å². The predicted molar refractivity (Wildman–Crippen MR) is 51.3 cm³/mol. The minimum absolute atomic E-state index is 0.135. The van der Waals surface area contributed by atoms with E-state index in [4.69, 9.17) is 5.11 Å². The average molecular weight is 204 g/mol. The van der Waals surface area contributed by atoms with Crippen molar-refractivity contribution in [2.75, 3.05) is 0 Å². The second-order valence-corrected chi connectivity index (χ2v) is 2.97. The minimum Gasteiger partial charge on any atom is -0.478 e. The number of nitrogens with one attached hydrogen (secondary N) is 1. The van der Waals surface area contributed by atoms with Gasteiger partial charge >= 0.3 is 5.97 Å². The Morgan fingerprint density at radius 1 is 1.47 bits per heavy atom. The molecule has 6 heteroatoms. The van der Waals surface area contributed by atoms with Gasteiger partial charge in [-0.1, -0.05) is 0 Å². The quantitative estimate of drug-likeness (QED) is 0.757. The number of carboxylic acid groups (broad SMARTS) is 1. The normalized spacial score (nSPS) is 10.2. The van der Waals surface area contributed by atoms with Gasteiger partial charge in [-0.3, -0.25) is 15.1 Å². The molecule has 0 aliphatic rings. The molecule has 0 atom stereocenters. The summed E-state index contributed by atoms with van der Waals surface area (Å²) in [4.78, 5) is 18.8. The fraction of sp³-hybridized carbons (Fsp3) is 0.111. The molecule has 15 heavy (non-hydrogen) atoms. The van der Waals surface area contributed by atoms with Crippen molar-refractivity contribution >= 4 is 5.97 Å². The molecule has 0 unspecified atom stereocenters. The molecule has 2 N–H and O–H groups in total. The Kier molecular flexibility index (Phi) is 2.17. The fourth-order valence-electron chi connectivity index (χ4n) is 1.30. The molecule has 2 aromatic heterocycles. The van der Waals surface area contributed by atoms with Gasteiger partial charge in [0, 0.05) is 18.1 Å². The maximum atomic E-state index is 11.0. The zero-order valence-corrected chi connectivity index (χ0v) is 7.93. The van der Waals surface area contributed by atoms with Gasteiger partial charge in [0.25, 0.3) is 0 Å². The van der Waals surface area contributed by atoms with Crippen LogP contribution in [0.2, 0.25) is 0 Å². The lowest BCUT2D eigenvalue weighted by Gasteiger charge is -1.96. The van der Waals surface area contributed by atoms with Crippen LogP contribution in [-0.2, 0) is 0 Å². The number of aryl methyl sites for hydroxylation is 1. The van der Waals surface area contributed by atoms with Crippen LogP contribution in [0.1, 0.15) is 16.1 Å². The summed E-state index contributed by atoms with van der Waals surface area (Å²) in [5, 5.41) is 15.5. The number of aromatic amines is 1. The van der Waals surface area contributed by atoms with Crippen molar-refractivity contribution in [3.8, 4) is 11.4 Å². The van der Waals surface area contributed by atoms with Crippen LogP contribution in [0.4, 0.5) is 0 Å². The third-order valence-corrected chi connectivity index (χ3v) is 1.97. The predicted octanol–water partition coefficient (Wildman–Crippen LogP) is 0.873. The Morgan fingerprint density at radius 2 is 2.27 bits per heavy atom. The molecule has 0 saturated carbocycles. The molecule has 2 heterocycles. The molecular formula is C9H8N4O2. The molecule has 6 nitrogen and oxygen atoms in total. The van der Waals surface area contributed by atoms with E-state index in [0.29, 0.717) is 17.1 Å². The molecule has 76 valence electrons. The maximum absolute atomic E-state index is 11.0. The molecule has 0 saturated heterocycles. The highest BCUT2D eigenvalue weighted by molar-refractivity contribution is 5.95. The molecule has 0 spiro atoms. The number of rotatable bonds is 2. The van der Waals surface area contributed by atoms with Gasteiger partial charge in [-0.25, -0.2) is 4.79 Å². The van der Waals surface area contributed by atoms with E-state index in [1.807, 2.05) is 0 Å². The average Bonchev–Trinajstić information content (AvgIpc) is 2.61. The third kappa shape index (κ3) is 1.56. The zero-order chi connectivity index (χ0) is 10.8. The van der Waals surface area contributed by atoms with Crippen LogP contribution >= 0.6 is 0 Å². The third-order valence-electron chi connectivity index (χ3n) is 1.97. The van der Waals surface area contributed by atoms with Gasteiger partial charge in [0.2, 0.25) is 0 Å². The monoisotopic (exact) mass is 204 g/mol. The van der Waals surface area contributed by atoms with E-state index in [2.05, 4.69) is 20.2 Å². The number of carboxylic acids is 1. The van der Waals surface area contributed by atoms with Gasteiger partial charge in [-0.05, 0) is 6.92 Å². The molecule has 0 aromatic carbocycles. The second kappa shape index (κ2) is 3.49. The zero-order valence-electron chi connectivity index (χ0n) is 7.93. The fourth-order valence-corrected chi connectivity index (χ4v) is 1.30. The highest BCUT2D eigenvalue weighted by atomic mass is 16.4. The number of hydrogen-bond donors (Lipinski definition) is 2. The summed E-state index contributed by atoms with van der Waals surface area (Å²) in [6.07, 6.45) is 4.48. The standard InChI is InChI=1S/C9H8N4O2/c1-5-7(9(14)15)8(13-12-5)6-4-10-2-3-11-6/h2-4H,1H3,(H,12,13)(H,14,15). The lowest BCUT2D eigenvalue weighted by Crippen LogP contribution is -2.00. The van der Waals surface area contributed by atoms with Crippen LogP contribution < -0.4 is 0 Å². The Hall–Kier alpha value is -2.24. The summed E-state index contributed by atoms with van der Waals surface area (Å²) in [5.74, 6) is -1.03. The van der Waals surface area contributed by atoms with Crippen molar-refractivity contribution in [1.82, 2.24) is 20.2 Å². The summed E-state index contributed by atoms with van der Waals surface area (Å²) in [7, 11) is 0. The number of carbonyl (C=O) groups is 1. The smallest absolute Gasteiger partial charge is 0.339 e. The lowest BCUT2D eigenvalue weighted by atomic mass is 10.1. The summed E-state index contributed by atoms with van der Waals surface area (Å²) in [6, 6.07) is 0. The van der Waals surface area contributed by atoms with E-state index < -0.39 is 5.97 Å². The number of nitrogens with zero attached hydrogens (tertiary/aromatic N) is 3. The second-order valence-electron chi connectivity index (χ2n) is 2.97. The first-order valence-electron chi connectivity index (χ1n) is 4.25. The largest absolute Gasteiger partial charge is 0.478 e. The Bertz CT molecular complexity index is 492. The Morgan fingerprint density at radius 3 is 2.87 bits per heavy atom. The van der Waals surface area contributed by atoms with E-state index in [-0.39, 0.29) is 5.56 Å². The van der Waals surface area contributed by atoms with Gasteiger partial charge in [0.15, 0.2) is 0 Å². The van der Waals surface area contributed by atoms with Gasteiger partial charge in [-0.15, -0.1) is 0 Å². The highest BCUT2D eigenvalue weighted by Gasteiger charge is 2.19. The van der Waals surface area contributed by atoms with E-state index in [1.54, 1.807) is 6.92 Å². The first-order chi connectivity index (χ1) is 7.20. The molecule has 0 radical (unpaired) electrons. The highest BCUT2D eigenvalue weighted by Crippen LogP contribution is 2.20. The molecule has 0 fully saturated rings. The van der Waals surface area contributed by atoms with Crippen molar-refractivity contribution in [3.63, 3.8) is 0 Å². The topological polar surface area (TPSA) is 91.8 Å². The first-order valence-corrected chi connectivity index (χ1v) is 4.25. The van der Waals surface area contributed by atoms with Crippen LogP contribution in [0.15, 0.2) is 18.6 Å². The number of hydrogen-bond acceptors (Lipinski definition) is 4. The van der Waals surface area contributed by atoms with Gasteiger partial charge in [0.1, 0.15) is 17.0 Å². The molecule has 0 amide bonds. The van der Waals surface area contributed by atoms with Gasteiger partial charge < -0.3 is 5.11 Å². The van der Waals surface area contributed by atoms with E-state index in [9.17, 15) is 4.79 Å². The summed E-state index contributed by atoms with van der Waals surface area (Å²) in [5.41, 5.74) is 1.39. The van der Waals surface area contributed by atoms with Crippen molar-refractivity contribution < 1.29 is 9.90 Å². The number of H-pyrrole nitrogens is 1. The van der Waals surface area contributed by atoms with Gasteiger partial charge in [0.05, 0.1) is 6.20 Å². The van der Waals surface area contributed by atoms with Crippen molar-refractivity contribution in [2.24, 2.45) is 0 Å². The maximum Gasteiger partial charge on any atom is 0.339 e. The summed E-state index contributed by atoms with van der Waals surface area (Å²) >= 11 is 0. The molecule has 0 aliphatic carbocycles. The van der Waals surface area contributed by atoms with E-state index in [1.165, 1.54) is 18.6 Å². The number of aromatic nitrogens is 4. The van der Waals surface area contributed by atoms with Crippen LogP contribution in [0, 0.1) is 6.92 Å². The lowest BCUT2D eigenvalue weighted by molar-refractivity contribution is 0.0697. The number of aromatic carboxylic acids is 1. The molecule has 2 rings (SSSR count). The van der Waals surface area contributed by atoms with Crippen molar-refractivity contribution in [1.29, 1.82) is 0 Å². The van der Waals surface area contributed by atoms with Crippen molar-refractivity contribution in [2.45, 2.75) is 6.92 Å². The summed E-state index contributed by atoms with van der Waals surface area (Å²) in [6.45, 7) is 1.65. The van der Waals surface area contributed by atoms with Crippen LogP contribution in [0.5, 0.6) is 0 Å². The summed E-state index contributed by atoms with van der Waals surface area (Å²) < 4.78 is 0. The van der Waals surface area contributed by atoms with Gasteiger partial charge in [-0.2, -0.15) is 5.10 Å². The van der Waals surface area contributed by atoms with Crippen molar-refractivity contribution in [3.05, 3.63) is 29.8 Å². The molecule has 2 aromatic rings. The van der Waals surface area contributed by atoms with E-state index in [0.717, 1.165) is 0 Å². The Labute approximate surface area is 85.0 Å². The van der Waals surface area contributed by atoms with Crippen LogP contribution in [0.3, 0.4) is 0 Å².